The Bertz CT molecular complexity index is 757. The van der Waals surface area contributed by atoms with Crippen molar-refractivity contribution >= 4 is 11.9 Å². The normalized spacial score (nSPS) is 12.8. The number of carbonyl (C=O) groups excluding carboxylic acids is 2. The molecule has 6 nitrogen and oxygen atoms in total. The fraction of sp³-hybridized carbons (Fsp3) is 0.911. The maximum Gasteiger partial charge on any atom is 0.305 e. The molecule has 0 saturated heterocycles. The number of aliphatic hydroxyl groups excluding tert-OH is 2. The second kappa shape index (κ2) is 41.4. The molecule has 51 heavy (non-hydrogen) atoms. The zero-order valence-corrected chi connectivity index (χ0v) is 34.1. The van der Waals surface area contributed by atoms with Gasteiger partial charge in [0.25, 0.3) is 0 Å². The maximum absolute atomic E-state index is 12.3. The molecule has 0 radical (unpaired) electrons. The van der Waals surface area contributed by atoms with E-state index >= 15 is 0 Å². The molecule has 2 unspecified atom stereocenters. The van der Waals surface area contributed by atoms with Crippen LogP contribution in [0.4, 0.5) is 0 Å². The Morgan fingerprint density at radius 2 is 0.902 bits per heavy atom. The second-order valence-corrected chi connectivity index (χ2v) is 15.4. The quantitative estimate of drug-likeness (QED) is 0.0332. The van der Waals surface area contributed by atoms with E-state index in [1.165, 1.54) is 154 Å². The van der Waals surface area contributed by atoms with E-state index in [4.69, 9.17) is 4.74 Å². The lowest BCUT2D eigenvalue weighted by Crippen LogP contribution is -2.45. The Balaban J connectivity index is 3.48. The first-order valence-corrected chi connectivity index (χ1v) is 22.5. The third-order valence-corrected chi connectivity index (χ3v) is 10.3. The topological polar surface area (TPSA) is 95.9 Å². The Labute approximate surface area is 317 Å². The molecular weight excluding hydrogens is 634 g/mol. The van der Waals surface area contributed by atoms with Crippen molar-refractivity contribution in [2.24, 2.45) is 0 Å². The number of ether oxygens (including phenoxy) is 1. The number of unbranched alkanes of at least 4 members (excludes halogenated alkanes) is 30. The third-order valence-electron chi connectivity index (χ3n) is 10.3. The molecule has 0 aliphatic rings. The highest BCUT2D eigenvalue weighted by Gasteiger charge is 2.18. The van der Waals surface area contributed by atoms with Gasteiger partial charge in [-0.3, -0.25) is 9.59 Å². The van der Waals surface area contributed by atoms with Gasteiger partial charge in [0.1, 0.15) is 0 Å². The van der Waals surface area contributed by atoms with Crippen LogP contribution >= 0.6 is 0 Å². The molecular formula is C45H87NO5. The molecule has 0 aliphatic heterocycles. The van der Waals surface area contributed by atoms with E-state index in [1.807, 2.05) is 6.08 Å². The van der Waals surface area contributed by atoms with Crippen molar-refractivity contribution in [3.63, 3.8) is 0 Å². The Hall–Kier alpha value is -1.40. The highest BCUT2D eigenvalue weighted by Crippen LogP contribution is 2.15. The van der Waals surface area contributed by atoms with E-state index in [0.717, 1.165) is 57.8 Å². The Morgan fingerprint density at radius 1 is 0.529 bits per heavy atom. The van der Waals surface area contributed by atoms with Gasteiger partial charge in [-0.15, -0.1) is 0 Å². The predicted molar refractivity (Wildman–Crippen MR) is 218 cm³/mol. The highest BCUT2D eigenvalue weighted by atomic mass is 16.5. The smallest absolute Gasteiger partial charge is 0.305 e. The minimum absolute atomic E-state index is 0.0147. The monoisotopic (exact) mass is 722 g/mol. The van der Waals surface area contributed by atoms with E-state index in [2.05, 4.69) is 19.2 Å². The minimum atomic E-state index is -0.853. The molecule has 1 amide bonds. The van der Waals surface area contributed by atoms with Crippen LogP contribution < -0.4 is 5.32 Å². The van der Waals surface area contributed by atoms with E-state index in [0.29, 0.717) is 19.4 Å². The first-order chi connectivity index (χ1) is 25.0. The van der Waals surface area contributed by atoms with Crippen LogP contribution in [0, 0.1) is 0 Å². The molecule has 0 aromatic heterocycles. The zero-order chi connectivity index (χ0) is 37.3. The molecule has 0 bridgehead atoms. The van der Waals surface area contributed by atoms with Gasteiger partial charge < -0.3 is 20.3 Å². The fourth-order valence-corrected chi connectivity index (χ4v) is 6.81. The number of hydrogen-bond acceptors (Lipinski definition) is 5. The molecule has 0 aliphatic carbocycles. The molecule has 3 N–H and O–H groups in total. The molecule has 0 heterocycles. The SMILES string of the molecule is CCCCCCCCCC/C=C/C(O)C(CO)NC(=O)CCCCCCCCCCCCCOC(=O)CCCCCCCCCCCCCCC. The van der Waals surface area contributed by atoms with Crippen LogP contribution in [-0.4, -0.2) is 47.4 Å². The van der Waals surface area contributed by atoms with Crippen LogP contribution in [0.15, 0.2) is 12.2 Å². The Morgan fingerprint density at radius 3 is 1.33 bits per heavy atom. The van der Waals surface area contributed by atoms with Crippen LogP contribution in [0.25, 0.3) is 0 Å². The van der Waals surface area contributed by atoms with Gasteiger partial charge in [0.2, 0.25) is 5.91 Å². The lowest BCUT2D eigenvalue weighted by Gasteiger charge is -2.20. The van der Waals surface area contributed by atoms with Crippen molar-refractivity contribution < 1.29 is 24.5 Å². The molecule has 0 spiro atoms. The van der Waals surface area contributed by atoms with Crippen molar-refractivity contribution in [2.45, 2.75) is 251 Å². The van der Waals surface area contributed by atoms with Crippen LogP contribution in [0.5, 0.6) is 0 Å². The van der Waals surface area contributed by atoms with Gasteiger partial charge >= 0.3 is 5.97 Å². The number of hydrogen-bond donors (Lipinski definition) is 3. The molecule has 0 aromatic carbocycles. The van der Waals surface area contributed by atoms with Crippen molar-refractivity contribution in [3.05, 3.63) is 12.2 Å². The van der Waals surface area contributed by atoms with Gasteiger partial charge in [-0.2, -0.15) is 0 Å². The number of esters is 1. The zero-order valence-electron chi connectivity index (χ0n) is 34.1. The third kappa shape index (κ3) is 38.1. The molecule has 6 heteroatoms. The van der Waals surface area contributed by atoms with Crippen molar-refractivity contribution in [2.75, 3.05) is 13.2 Å². The summed E-state index contributed by atoms with van der Waals surface area (Å²) in [5, 5.41) is 22.9. The Kier molecular flexibility index (Phi) is 40.2. The van der Waals surface area contributed by atoms with Crippen molar-refractivity contribution in [3.8, 4) is 0 Å². The van der Waals surface area contributed by atoms with Gasteiger partial charge in [-0.1, -0.05) is 206 Å². The summed E-state index contributed by atoms with van der Waals surface area (Å²) >= 11 is 0. The van der Waals surface area contributed by atoms with Gasteiger partial charge in [0.05, 0.1) is 25.4 Å². The minimum Gasteiger partial charge on any atom is -0.466 e. The number of nitrogens with one attached hydrogen (secondary N) is 1. The van der Waals surface area contributed by atoms with Crippen molar-refractivity contribution in [1.82, 2.24) is 5.32 Å². The van der Waals surface area contributed by atoms with E-state index in [1.54, 1.807) is 6.08 Å². The second-order valence-electron chi connectivity index (χ2n) is 15.4. The lowest BCUT2D eigenvalue weighted by molar-refractivity contribution is -0.143. The van der Waals surface area contributed by atoms with E-state index in [9.17, 15) is 19.8 Å². The summed E-state index contributed by atoms with van der Waals surface area (Å²) in [6.07, 6.45) is 44.8. The van der Waals surface area contributed by atoms with Gasteiger partial charge in [-0.05, 0) is 32.1 Å². The van der Waals surface area contributed by atoms with Crippen molar-refractivity contribution in [1.29, 1.82) is 0 Å². The number of aliphatic hydroxyl groups is 2. The van der Waals surface area contributed by atoms with Gasteiger partial charge in [0, 0.05) is 12.8 Å². The molecule has 0 rings (SSSR count). The van der Waals surface area contributed by atoms with Gasteiger partial charge in [0.15, 0.2) is 0 Å². The first-order valence-electron chi connectivity index (χ1n) is 22.5. The van der Waals surface area contributed by atoms with Crippen LogP contribution in [-0.2, 0) is 14.3 Å². The largest absolute Gasteiger partial charge is 0.466 e. The average Bonchev–Trinajstić information content (AvgIpc) is 3.13. The number of allylic oxidation sites excluding steroid dienone is 1. The predicted octanol–water partition coefficient (Wildman–Crippen LogP) is 12.6. The summed E-state index contributed by atoms with van der Waals surface area (Å²) in [6.45, 7) is 4.83. The number of rotatable bonds is 41. The maximum atomic E-state index is 12.3. The van der Waals surface area contributed by atoms with E-state index in [-0.39, 0.29) is 18.5 Å². The van der Waals surface area contributed by atoms with E-state index < -0.39 is 12.1 Å². The summed E-state index contributed by atoms with van der Waals surface area (Å²) in [4.78, 5) is 24.3. The summed E-state index contributed by atoms with van der Waals surface area (Å²) in [7, 11) is 0. The summed E-state index contributed by atoms with van der Waals surface area (Å²) in [5.41, 5.74) is 0. The number of amides is 1. The lowest BCUT2D eigenvalue weighted by atomic mass is 10.0. The first kappa shape index (κ1) is 49.6. The van der Waals surface area contributed by atoms with Gasteiger partial charge in [-0.25, -0.2) is 0 Å². The molecule has 0 aromatic rings. The van der Waals surface area contributed by atoms with Crippen LogP contribution in [0.2, 0.25) is 0 Å². The molecule has 0 fully saturated rings. The average molecular weight is 722 g/mol. The highest BCUT2D eigenvalue weighted by molar-refractivity contribution is 5.76. The molecule has 302 valence electrons. The van der Waals surface area contributed by atoms with Crippen LogP contribution in [0.1, 0.15) is 239 Å². The summed E-state index contributed by atoms with van der Waals surface area (Å²) < 4.78 is 5.44. The standard InChI is InChI=1S/C45H87NO5/c1-3-5-7-9-11-13-15-16-19-23-27-31-35-39-45(50)51-40-36-32-28-24-20-17-18-22-26-30-34-38-44(49)46-42(41-47)43(48)37-33-29-25-21-14-12-10-8-6-4-2/h33,37,42-43,47-48H,3-32,34-36,38-41H2,1-2H3,(H,46,49)/b37-33+. The molecule has 0 saturated carbocycles. The molecule has 2 atom stereocenters. The van der Waals surface area contributed by atoms with Crippen LogP contribution in [0.3, 0.4) is 0 Å². The fourth-order valence-electron chi connectivity index (χ4n) is 6.81. The number of carbonyl (C=O) groups is 2. The summed E-state index contributed by atoms with van der Waals surface area (Å²) in [6, 6.07) is -0.638. The summed E-state index contributed by atoms with van der Waals surface area (Å²) in [5.74, 6) is -0.103.